The van der Waals surface area contributed by atoms with Gasteiger partial charge in [0.15, 0.2) is 0 Å². The molecule has 0 radical (unpaired) electrons. The standard InChI is InChI=1S/C8H12N2O/c1-7(10-11)4-5-8-3-2-6-9-8/h2-3,6,9,11H,4-5H2,1H3. The van der Waals surface area contributed by atoms with Gasteiger partial charge in [0.2, 0.25) is 0 Å². The maximum Gasteiger partial charge on any atom is 0.0543 e. The zero-order valence-electron chi connectivity index (χ0n) is 6.54. The van der Waals surface area contributed by atoms with Crippen LogP contribution in [0, 0.1) is 0 Å². The second kappa shape index (κ2) is 3.81. The molecule has 0 aliphatic rings. The molecule has 2 N–H and O–H groups in total. The third kappa shape index (κ3) is 2.45. The Hall–Kier alpha value is -1.25. The molecule has 0 saturated carbocycles. The molecule has 3 nitrogen and oxygen atoms in total. The van der Waals surface area contributed by atoms with E-state index in [-0.39, 0.29) is 0 Å². The van der Waals surface area contributed by atoms with Gasteiger partial charge in [0, 0.05) is 11.9 Å². The molecule has 1 aromatic rings. The molecule has 1 heterocycles. The predicted molar refractivity (Wildman–Crippen MR) is 44.0 cm³/mol. The minimum atomic E-state index is 0.764. The van der Waals surface area contributed by atoms with Crippen molar-refractivity contribution in [2.75, 3.05) is 0 Å². The van der Waals surface area contributed by atoms with Crippen molar-refractivity contribution in [1.29, 1.82) is 0 Å². The second-order valence-electron chi connectivity index (χ2n) is 2.53. The molecule has 0 bridgehead atoms. The van der Waals surface area contributed by atoms with Crippen molar-refractivity contribution in [2.45, 2.75) is 19.8 Å². The van der Waals surface area contributed by atoms with Crippen LogP contribution in [0.4, 0.5) is 0 Å². The number of hydrogen-bond donors (Lipinski definition) is 2. The Bertz CT molecular complexity index is 226. The van der Waals surface area contributed by atoms with Crippen LogP contribution in [0.15, 0.2) is 23.5 Å². The maximum absolute atomic E-state index is 8.34. The lowest BCUT2D eigenvalue weighted by Gasteiger charge is -1.95. The SMILES string of the molecule is CC(CCc1ccc[nH]1)=NO. The van der Waals surface area contributed by atoms with E-state index in [0.717, 1.165) is 18.6 Å². The Balaban J connectivity index is 2.35. The minimum Gasteiger partial charge on any atom is -0.411 e. The summed E-state index contributed by atoms with van der Waals surface area (Å²) in [5.74, 6) is 0. The molecule has 3 heteroatoms. The van der Waals surface area contributed by atoms with Crippen LogP contribution in [0.1, 0.15) is 19.0 Å². The van der Waals surface area contributed by atoms with Crippen molar-refractivity contribution >= 4 is 5.71 Å². The zero-order valence-corrected chi connectivity index (χ0v) is 6.54. The van der Waals surface area contributed by atoms with Gasteiger partial charge >= 0.3 is 0 Å². The number of oxime groups is 1. The summed E-state index contributed by atoms with van der Waals surface area (Å²) in [6.07, 6.45) is 3.60. The normalized spacial score (nSPS) is 11.9. The van der Waals surface area contributed by atoms with E-state index in [1.165, 1.54) is 5.69 Å². The Kier molecular flexibility index (Phi) is 2.72. The maximum atomic E-state index is 8.34. The fourth-order valence-corrected chi connectivity index (χ4v) is 0.889. The number of rotatable bonds is 3. The summed E-state index contributed by atoms with van der Waals surface area (Å²) in [5.41, 5.74) is 1.94. The third-order valence-electron chi connectivity index (χ3n) is 1.59. The number of aryl methyl sites for hydroxylation is 1. The summed E-state index contributed by atoms with van der Waals surface area (Å²) in [6, 6.07) is 3.98. The highest BCUT2D eigenvalue weighted by Crippen LogP contribution is 1.99. The van der Waals surface area contributed by atoms with Gasteiger partial charge in [-0.3, -0.25) is 0 Å². The van der Waals surface area contributed by atoms with Gasteiger partial charge in [-0.05, 0) is 31.9 Å². The average molecular weight is 152 g/mol. The molecule has 0 spiro atoms. The van der Waals surface area contributed by atoms with Crippen LogP contribution in [-0.4, -0.2) is 15.9 Å². The van der Waals surface area contributed by atoms with E-state index < -0.39 is 0 Å². The highest BCUT2D eigenvalue weighted by atomic mass is 16.4. The smallest absolute Gasteiger partial charge is 0.0543 e. The Morgan fingerprint density at radius 3 is 3.09 bits per heavy atom. The molecule has 0 aliphatic heterocycles. The summed E-state index contributed by atoms with van der Waals surface area (Å²) in [7, 11) is 0. The van der Waals surface area contributed by atoms with E-state index in [9.17, 15) is 0 Å². The Morgan fingerprint density at radius 2 is 2.55 bits per heavy atom. The molecule has 0 atom stereocenters. The first-order valence-corrected chi connectivity index (χ1v) is 3.62. The number of aromatic nitrogens is 1. The Morgan fingerprint density at radius 1 is 1.73 bits per heavy atom. The largest absolute Gasteiger partial charge is 0.411 e. The van der Waals surface area contributed by atoms with E-state index in [1.807, 2.05) is 25.3 Å². The van der Waals surface area contributed by atoms with Crippen LogP contribution in [-0.2, 0) is 6.42 Å². The number of nitrogens with one attached hydrogen (secondary N) is 1. The average Bonchev–Trinajstić information content (AvgIpc) is 2.52. The number of H-pyrrole nitrogens is 1. The number of nitrogens with zero attached hydrogens (tertiary/aromatic N) is 1. The molecule has 0 aliphatic carbocycles. The minimum absolute atomic E-state index is 0.764. The first kappa shape index (κ1) is 7.85. The van der Waals surface area contributed by atoms with Crippen LogP contribution in [0.25, 0.3) is 0 Å². The summed E-state index contributed by atoms with van der Waals surface area (Å²) in [6.45, 7) is 1.81. The van der Waals surface area contributed by atoms with Gasteiger partial charge in [0.25, 0.3) is 0 Å². The van der Waals surface area contributed by atoms with E-state index >= 15 is 0 Å². The van der Waals surface area contributed by atoms with Crippen molar-refractivity contribution in [2.24, 2.45) is 5.16 Å². The lowest BCUT2D eigenvalue weighted by Crippen LogP contribution is -1.94. The van der Waals surface area contributed by atoms with Crippen molar-refractivity contribution in [3.63, 3.8) is 0 Å². The molecule has 0 amide bonds. The molecule has 0 unspecified atom stereocenters. The Labute approximate surface area is 65.7 Å². The van der Waals surface area contributed by atoms with Crippen LogP contribution < -0.4 is 0 Å². The quantitative estimate of drug-likeness (QED) is 0.387. The highest BCUT2D eigenvalue weighted by molar-refractivity contribution is 5.81. The summed E-state index contributed by atoms with van der Waals surface area (Å²) >= 11 is 0. The summed E-state index contributed by atoms with van der Waals surface area (Å²) in [5, 5.41) is 11.4. The lowest BCUT2D eigenvalue weighted by molar-refractivity contribution is 0.317. The first-order valence-electron chi connectivity index (χ1n) is 3.62. The zero-order chi connectivity index (χ0) is 8.10. The summed E-state index contributed by atoms with van der Waals surface area (Å²) < 4.78 is 0. The molecule has 0 fully saturated rings. The molecule has 1 rings (SSSR count). The fraction of sp³-hybridized carbons (Fsp3) is 0.375. The van der Waals surface area contributed by atoms with Crippen molar-refractivity contribution in [3.05, 3.63) is 24.0 Å². The van der Waals surface area contributed by atoms with E-state index in [2.05, 4.69) is 10.1 Å². The number of hydrogen-bond acceptors (Lipinski definition) is 2. The molecular formula is C8H12N2O. The topological polar surface area (TPSA) is 48.4 Å². The van der Waals surface area contributed by atoms with Crippen molar-refractivity contribution in [3.8, 4) is 0 Å². The monoisotopic (exact) mass is 152 g/mol. The van der Waals surface area contributed by atoms with Gasteiger partial charge in [0.05, 0.1) is 5.71 Å². The van der Waals surface area contributed by atoms with Gasteiger partial charge in [-0.15, -0.1) is 0 Å². The van der Waals surface area contributed by atoms with Gasteiger partial charge in [-0.1, -0.05) is 5.16 Å². The van der Waals surface area contributed by atoms with Crippen LogP contribution >= 0.6 is 0 Å². The van der Waals surface area contributed by atoms with E-state index in [4.69, 9.17) is 5.21 Å². The molecule has 60 valence electrons. The van der Waals surface area contributed by atoms with Crippen LogP contribution in [0.3, 0.4) is 0 Å². The van der Waals surface area contributed by atoms with Crippen molar-refractivity contribution < 1.29 is 5.21 Å². The lowest BCUT2D eigenvalue weighted by atomic mass is 10.2. The second-order valence-corrected chi connectivity index (χ2v) is 2.53. The molecule has 0 aromatic carbocycles. The van der Waals surface area contributed by atoms with Gasteiger partial charge in [-0.25, -0.2) is 0 Å². The molecule has 0 saturated heterocycles. The van der Waals surface area contributed by atoms with Gasteiger partial charge < -0.3 is 10.2 Å². The van der Waals surface area contributed by atoms with Crippen molar-refractivity contribution in [1.82, 2.24) is 4.98 Å². The van der Waals surface area contributed by atoms with E-state index in [0.29, 0.717) is 0 Å². The molecular weight excluding hydrogens is 140 g/mol. The highest BCUT2D eigenvalue weighted by Gasteiger charge is 1.94. The molecule has 11 heavy (non-hydrogen) atoms. The van der Waals surface area contributed by atoms with Gasteiger partial charge in [0.1, 0.15) is 0 Å². The fourth-order valence-electron chi connectivity index (χ4n) is 0.889. The first-order chi connectivity index (χ1) is 5.33. The number of aromatic amines is 1. The molecule has 1 aromatic heterocycles. The van der Waals surface area contributed by atoms with Crippen LogP contribution in [0.5, 0.6) is 0 Å². The van der Waals surface area contributed by atoms with Crippen LogP contribution in [0.2, 0.25) is 0 Å². The summed E-state index contributed by atoms with van der Waals surface area (Å²) in [4.78, 5) is 3.08. The van der Waals surface area contributed by atoms with Gasteiger partial charge in [-0.2, -0.15) is 0 Å². The predicted octanol–water partition coefficient (Wildman–Crippen LogP) is 1.80. The third-order valence-corrected chi connectivity index (χ3v) is 1.59. The van der Waals surface area contributed by atoms with E-state index in [1.54, 1.807) is 0 Å².